The van der Waals surface area contributed by atoms with E-state index in [0.29, 0.717) is 23.6 Å². The van der Waals surface area contributed by atoms with Crippen LogP contribution < -0.4 is 14.2 Å². The average Bonchev–Trinajstić information content (AvgIpc) is 2.81. The Bertz CT molecular complexity index is 1230. The third-order valence-corrected chi connectivity index (χ3v) is 6.72. The molecule has 0 spiro atoms. The van der Waals surface area contributed by atoms with Gasteiger partial charge in [-0.15, -0.1) is 0 Å². The Morgan fingerprint density at radius 3 is 2.14 bits per heavy atom. The fourth-order valence-electron chi connectivity index (χ4n) is 3.37. The second kappa shape index (κ2) is 11.3. The Kier molecular flexibility index (Phi) is 8.40. The van der Waals surface area contributed by atoms with Crippen LogP contribution in [0.2, 0.25) is 0 Å². The van der Waals surface area contributed by atoms with E-state index in [9.17, 15) is 13.2 Å². The number of hydrogen-bond acceptors (Lipinski definition) is 5. The minimum Gasteiger partial charge on any atom is -0.490 e. The van der Waals surface area contributed by atoms with Crippen molar-refractivity contribution in [2.45, 2.75) is 43.9 Å². The topological polar surface area (TPSA) is 102 Å². The van der Waals surface area contributed by atoms with Crippen molar-refractivity contribution in [1.82, 2.24) is 0 Å². The van der Waals surface area contributed by atoms with E-state index in [1.807, 2.05) is 30.3 Å². The minimum absolute atomic E-state index is 0.0369. The maximum absolute atomic E-state index is 12.7. The number of carboxylic acid groups (broad SMARTS) is 1. The van der Waals surface area contributed by atoms with Crippen molar-refractivity contribution >= 4 is 21.7 Å². The third kappa shape index (κ3) is 7.75. The second-order valence-electron chi connectivity index (χ2n) is 9.10. The lowest BCUT2D eigenvalue weighted by Gasteiger charge is -2.19. The largest absolute Gasteiger partial charge is 0.490 e. The van der Waals surface area contributed by atoms with E-state index in [-0.39, 0.29) is 29.9 Å². The summed E-state index contributed by atoms with van der Waals surface area (Å²) < 4.78 is 39.4. The van der Waals surface area contributed by atoms with Crippen LogP contribution in [0.15, 0.2) is 77.7 Å². The summed E-state index contributed by atoms with van der Waals surface area (Å²) in [6.07, 6.45) is 0.430. The van der Waals surface area contributed by atoms with Gasteiger partial charge in [0.15, 0.2) is 0 Å². The molecule has 0 bridgehead atoms. The summed E-state index contributed by atoms with van der Waals surface area (Å²) >= 11 is 0. The smallest absolute Gasteiger partial charge is 0.303 e. The molecule has 35 heavy (non-hydrogen) atoms. The van der Waals surface area contributed by atoms with Gasteiger partial charge in [0.2, 0.25) is 0 Å². The molecule has 0 heterocycles. The van der Waals surface area contributed by atoms with Gasteiger partial charge in [-0.05, 0) is 65.4 Å². The predicted molar refractivity (Wildman–Crippen MR) is 136 cm³/mol. The van der Waals surface area contributed by atoms with E-state index >= 15 is 0 Å². The first-order chi connectivity index (χ1) is 16.5. The highest BCUT2D eigenvalue weighted by Crippen LogP contribution is 2.25. The van der Waals surface area contributed by atoms with Gasteiger partial charge in [-0.25, -0.2) is 8.42 Å². The highest BCUT2D eigenvalue weighted by atomic mass is 32.2. The van der Waals surface area contributed by atoms with E-state index in [2.05, 4.69) is 25.5 Å². The summed E-state index contributed by atoms with van der Waals surface area (Å²) in [6.45, 7) is 6.78. The summed E-state index contributed by atoms with van der Waals surface area (Å²) in [5.74, 6) is 0.357. The Morgan fingerprint density at radius 2 is 1.51 bits per heavy atom. The van der Waals surface area contributed by atoms with Gasteiger partial charge in [-0.1, -0.05) is 51.1 Å². The molecule has 2 N–H and O–H groups in total. The standard InChI is InChI=1S/C27H31NO6S/c1-27(2,3)21-9-15-24(16-10-21)35(31,32)28-22-11-13-23(14-12-22)33-18-19-34-25-7-5-4-6-20(25)8-17-26(29)30/h4-7,9-16,28H,8,17-19H2,1-3H3,(H,29,30). The molecule has 0 unspecified atom stereocenters. The van der Waals surface area contributed by atoms with E-state index in [4.69, 9.17) is 14.6 Å². The maximum atomic E-state index is 12.7. The summed E-state index contributed by atoms with van der Waals surface area (Å²) in [7, 11) is -3.70. The maximum Gasteiger partial charge on any atom is 0.303 e. The molecule has 0 aliphatic heterocycles. The fourth-order valence-corrected chi connectivity index (χ4v) is 4.43. The molecule has 7 nitrogen and oxygen atoms in total. The highest BCUT2D eigenvalue weighted by Gasteiger charge is 2.17. The number of hydrogen-bond donors (Lipinski definition) is 2. The van der Waals surface area contributed by atoms with Crippen molar-refractivity contribution in [1.29, 1.82) is 0 Å². The Morgan fingerprint density at radius 1 is 0.886 bits per heavy atom. The van der Waals surface area contributed by atoms with E-state index < -0.39 is 16.0 Å². The van der Waals surface area contributed by atoms with Crippen LogP contribution in [0.3, 0.4) is 0 Å². The number of nitrogens with one attached hydrogen (secondary N) is 1. The van der Waals surface area contributed by atoms with Gasteiger partial charge in [0.1, 0.15) is 24.7 Å². The minimum atomic E-state index is -3.70. The first-order valence-corrected chi connectivity index (χ1v) is 12.8. The SMILES string of the molecule is CC(C)(C)c1ccc(S(=O)(=O)Nc2ccc(OCCOc3ccccc3CCC(=O)O)cc2)cc1. The lowest BCUT2D eigenvalue weighted by molar-refractivity contribution is -0.136. The zero-order valence-corrected chi connectivity index (χ0v) is 21.0. The molecule has 0 radical (unpaired) electrons. The molecule has 0 saturated carbocycles. The quantitative estimate of drug-likeness (QED) is 0.351. The zero-order valence-electron chi connectivity index (χ0n) is 20.2. The van der Waals surface area contributed by atoms with Gasteiger partial charge in [0, 0.05) is 12.1 Å². The molecule has 0 aliphatic rings. The van der Waals surface area contributed by atoms with Gasteiger partial charge < -0.3 is 14.6 Å². The van der Waals surface area contributed by atoms with Crippen molar-refractivity contribution in [2.75, 3.05) is 17.9 Å². The number of benzene rings is 3. The van der Waals surface area contributed by atoms with Crippen molar-refractivity contribution < 1.29 is 27.8 Å². The molecule has 3 rings (SSSR count). The third-order valence-electron chi connectivity index (χ3n) is 5.33. The average molecular weight is 498 g/mol. The molecule has 0 aromatic heterocycles. The predicted octanol–water partition coefficient (Wildman–Crippen LogP) is 5.26. The number of carbonyl (C=O) groups is 1. The number of carboxylic acids is 1. The molecule has 3 aromatic rings. The molecular weight excluding hydrogens is 466 g/mol. The number of sulfonamides is 1. The first-order valence-electron chi connectivity index (χ1n) is 11.3. The van der Waals surface area contributed by atoms with Crippen LogP contribution in [0.5, 0.6) is 11.5 Å². The number of para-hydroxylation sites is 1. The molecule has 0 amide bonds. The van der Waals surface area contributed by atoms with Gasteiger partial charge >= 0.3 is 5.97 Å². The number of rotatable bonds is 11. The highest BCUT2D eigenvalue weighted by molar-refractivity contribution is 7.92. The molecule has 0 atom stereocenters. The molecule has 0 aliphatic carbocycles. The van der Waals surface area contributed by atoms with Crippen molar-refractivity contribution in [3.05, 3.63) is 83.9 Å². The van der Waals surface area contributed by atoms with Crippen LogP contribution in [0.25, 0.3) is 0 Å². The summed E-state index contributed by atoms with van der Waals surface area (Å²) in [4.78, 5) is 11.0. The zero-order chi connectivity index (χ0) is 25.5. The first kappa shape index (κ1) is 26.1. The second-order valence-corrected chi connectivity index (χ2v) is 10.8. The lowest BCUT2D eigenvalue weighted by Crippen LogP contribution is -2.15. The number of aryl methyl sites for hydroxylation is 1. The van der Waals surface area contributed by atoms with Crippen LogP contribution in [-0.4, -0.2) is 32.7 Å². The van der Waals surface area contributed by atoms with Crippen LogP contribution in [0.4, 0.5) is 5.69 Å². The van der Waals surface area contributed by atoms with Gasteiger partial charge in [-0.3, -0.25) is 9.52 Å². The molecule has 186 valence electrons. The number of ether oxygens (including phenoxy) is 2. The lowest BCUT2D eigenvalue weighted by atomic mass is 9.87. The Hall–Kier alpha value is -3.52. The summed E-state index contributed by atoms with van der Waals surface area (Å²) in [5, 5.41) is 8.88. The fraction of sp³-hybridized carbons (Fsp3) is 0.296. The van der Waals surface area contributed by atoms with Crippen molar-refractivity contribution in [3.63, 3.8) is 0 Å². The summed E-state index contributed by atoms with van der Waals surface area (Å²) in [5.41, 5.74) is 2.27. The summed E-state index contributed by atoms with van der Waals surface area (Å²) in [6, 6.07) is 20.8. The normalized spacial score (nSPS) is 11.6. The molecule has 0 saturated heterocycles. The Balaban J connectivity index is 1.51. The van der Waals surface area contributed by atoms with E-state index in [0.717, 1.165) is 11.1 Å². The number of anilines is 1. The number of aliphatic carboxylic acids is 1. The van der Waals surface area contributed by atoms with Crippen LogP contribution >= 0.6 is 0 Å². The van der Waals surface area contributed by atoms with Crippen LogP contribution in [0.1, 0.15) is 38.3 Å². The van der Waals surface area contributed by atoms with E-state index in [1.54, 1.807) is 42.5 Å². The van der Waals surface area contributed by atoms with Gasteiger partial charge in [-0.2, -0.15) is 0 Å². The van der Waals surface area contributed by atoms with Crippen LogP contribution in [-0.2, 0) is 26.7 Å². The molecule has 3 aromatic carbocycles. The Labute approximate surface area is 206 Å². The van der Waals surface area contributed by atoms with Crippen molar-refractivity contribution in [2.24, 2.45) is 0 Å². The molecule has 8 heteroatoms. The van der Waals surface area contributed by atoms with Gasteiger partial charge in [0.25, 0.3) is 10.0 Å². The van der Waals surface area contributed by atoms with Gasteiger partial charge in [0.05, 0.1) is 4.90 Å². The van der Waals surface area contributed by atoms with Crippen molar-refractivity contribution in [3.8, 4) is 11.5 Å². The van der Waals surface area contributed by atoms with E-state index in [1.165, 1.54) is 0 Å². The monoisotopic (exact) mass is 497 g/mol. The molecule has 0 fully saturated rings. The molecular formula is C27H31NO6S. The van der Waals surface area contributed by atoms with Crippen LogP contribution in [0, 0.1) is 0 Å².